The van der Waals surface area contributed by atoms with Crippen LogP contribution in [-0.2, 0) is 24.3 Å². The van der Waals surface area contributed by atoms with Crippen molar-refractivity contribution in [1.82, 2.24) is 4.31 Å². The molecular weight excluding hydrogens is 366 g/mol. The van der Waals surface area contributed by atoms with E-state index in [1.807, 2.05) is 13.8 Å². The zero-order chi connectivity index (χ0) is 20.0. The Morgan fingerprint density at radius 1 is 1.22 bits per heavy atom. The molecule has 27 heavy (non-hydrogen) atoms. The molecule has 0 N–H and O–H groups in total. The highest BCUT2D eigenvalue weighted by Crippen LogP contribution is 2.32. The van der Waals surface area contributed by atoms with Crippen LogP contribution in [0.2, 0.25) is 0 Å². The lowest BCUT2D eigenvalue weighted by atomic mass is 10.1. The van der Waals surface area contributed by atoms with E-state index in [1.165, 1.54) is 24.3 Å². The average molecular weight is 396 g/mol. The van der Waals surface area contributed by atoms with Gasteiger partial charge in [0, 0.05) is 19.3 Å². The summed E-state index contributed by atoms with van der Waals surface area (Å²) in [7, 11) is -2.37. The first-order valence-electron chi connectivity index (χ1n) is 9.31. The Hall–Kier alpha value is -1.70. The van der Waals surface area contributed by atoms with Crippen LogP contribution in [0.4, 0.5) is 0 Å². The van der Waals surface area contributed by atoms with Crippen LogP contribution in [0.15, 0.2) is 40.8 Å². The second kappa shape index (κ2) is 9.48. The number of esters is 1. The summed E-state index contributed by atoms with van der Waals surface area (Å²) in [5, 5.41) is 0. The maximum atomic E-state index is 12.9. The molecule has 2 aliphatic rings. The van der Waals surface area contributed by atoms with E-state index in [0.717, 1.165) is 18.8 Å². The smallest absolute Gasteiger partial charge is 0.335 e. The normalized spacial score (nSPS) is 22.7. The first kappa shape index (κ1) is 21.6. The Labute approximate surface area is 162 Å². The van der Waals surface area contributed by atoms with Gasteiger partial charge in [-0.1, -0.05) is 30.7 Å². The molecule has 1 saturated heterocycles. The number of aryl methyl sites for hydroxylation is 1. The molecule has 0 radical (unpaired) electrons. The number of rotatable bonds is 4. The molecule has 2 atom stereocenters. The van der Waals surface area contributed by atoms with Gasteiger partial charge in [0.25, 0.3) is 0 Å². The van der Waals surface area contributed by atoms with Crippen molar-refractivity contribution >= 4 is 16.0 Å². The molecule has 0 aliphatic carbocycles. The fourth-order valence-electron chi connectivity index (χ4n) is 3.23. The third-order valence-electron chi connectivity index (χ3n) is 4.79. The molecule has 1 fully saturated rings. The summed E-state index contributed by atoms with van der Waals surface area (Å²) in [6, 6.07) is 5.85. The molecule has 2 aliphatic heterocycles. The van der Waals surface area contributed by atoms with Gasteiger partial charge >= 0.3 is 5.97 Å². The second-order valence-corrected chi connectivity index (χ2v) is 8.58. The molecule has 0 aromatic heterocycles. The molecule has 0 amide bonds. The maximum Gasteiger partial charge on any atom is 0.335 e. The van der Waals surface area contributed by atoms with E-state index >= 15 is 0 Å². The van der Waals surface area contributed by atoms with Crippen LogP contribution < -0.4 is 0 Å². The number of hydrogen-bond donors (Lipinski definition) is 0. The summed E-state index contributed by atoms with van der Waals surface area (Å²) in [6.45, 7) is 7.51. The molecule has 1 aromatic carbocycles. The van der Waals surface area contributed by atoms with Gasteiger partial charge in [-0.25, -0.2) is 13.2 Å². The zero-order valence-corrected chi connectivity index (χ0v) is 17.3. The van der Waals surface area contributed by atoms with Crippen LogP contribution in [-0.4, -0.2) is 51.1 Å². The minimum atomic E-state index is -3.67. The minimum Gasteiger partial charge on any atom is -0.466 e. The number of methoxy groups -OCH3 is 1. The lowest BCUT2D eigenvalue weighted by Crippen LogP contribution is -2.41. The molecule has 0 bridgehead atoms. The number of nitrogens with zero attached hydrogens (tertiary/aromatic N) is 1. The van der Waals surface area contributed by atoms with E-state index < -0.39 is 22.0 Å². The van der Waals surface area contributed by atoms with E-state index in [9.17, 15) is 13.2 Å². The van der Waals surface area contributed by atoms with Crippen molar-refractivity contribution in [3.05, 3.63) is 41.5 Å². The number of carbonyl (C=O) groups excluding carboxylic acids is 1. The highest BCUT2D eigenvalue weighted by Gasteiger charge is 2.42. The van der Waals surface area contributed by atoms with Crippen LogP contribution in [0.3, 0.4) is 0 Å². The largest absolute Gasteiger partial charge is 0.466 e. The molecule has 6 nitrogen and oxygen atoms in total. The molecular formula is C20H29NO5S. The maximum absolute atomic E-state index is 12.9. The quantitative estimate of drug-likeness (QED) is 0.733. The second-order valence-electron chi connectivity index (χ2n) is 6.73. The summed E-state index contributed by atoms with van der Waals surface area (Å²) in [6.07, 6.45) is 4.85. The highest BCUT2D eigenvalue weighted by atomic mass is 32.2. The third kappa shape index (κ3) is 4.97. The number of hydrogen-bond acceptors (Lipinski definition) is 5. The van der Waals surface area contributed by atoms with Crippen LogP contribution in [0, 0.1) is 6.92 Å². The standard InChI is InChI=1S/C16H21NO4S.C4H8O/c1-5-13-10-15(16(18)21-4)12(3)17(13)22(19,20)14-8-6-11(2)7-9-14;1-2-4-5-3-1/h6-10,12-13H,5H2,1-4H3;1-4H2/t12-,13+;/m1./s1. The monoisotopic (exact) mass is 395 g/mol. The van der Waals surface area contributed by atoms with E-state index in [2.05, 4.69) is 0 Å². The van der Waals surface area contributed by atoms with E-state index in [-0.39, 0.29) is 10.9 Å². The zero-order valence-electron chi connectivity index (χ0n) is 16.5. The van der Waals surface area contributed by atoms with Gasteiger partial charge in [0.05, 0.1) is 23.6 Å². The summed E-state index contributed by atoms with van der Waals surface area (Å²) >= 11 is 0. The first-order valence-corrected chi connectivity index (χ1v) is 10.7. The van der Waals surface area contributed by atoms with Crippen molar-refractivity contribution in [2.75, 3.05) is 20.3 Å². The molecule has 2 heterocycles. The third-order valence-corrected chi connectivity index (χ3v) is 6.80. The van der Waals surface area contributed by atoms with Gasteiger partial charge < -0.3 is 9.47 Å². The Kier molecular flexibility index (Phi) is 7.59. The predicted molar refractivity (Wildman–Crippen MR) is 104 cm³/mol. The van der Waals surface area contributed by atoms with Gasteiger partial charge in [0.15, 0.2) is 0 Å². The molecule has 3 rings (SSSR count). The molecule has 0 unspecified atom stereocenters. The summed E-state index contributed by atoms with van der Waals surface area (Å²) in [4.78, 5) is 12.1. The Morgan fingerprint density at radius 3 is 2.26 bits per heavy atom. The Bertz CT molecular complexity index is 758. The van der Waals surface area contributed by atoms with Gasteiger partial charge in [-0.3, -0.25) is 0 Å². The number of sulfonamides is 1. The molecule has 7 heteroatoms. The van der Waals surface area contributed by atoms with Crippen molar-refractivity contribution in [2.24, 2.45) is 0 Å². The summed E-state index contributed by atoms with van der Waals surface area (Å²) in [5.74, 6) is -0.479. The van der Waals surface area contributed by atoms with Gasteiger partial charge in [0.2, 0.25) is 10.0 Å². The van der Waals surface area contributed by atoms with Gasteiger partial charge in [-0.2, -0.15) is 4.31 Å². The molecule has 1 aromatic rings. The van der Waals surface area contributed by atoms with Crippen LogP contribution in [0.1, 0.15) is 38.7 Å². The Balaban J connectivity index is 0.000000451. The minimum absolute atomic E-state index is 0.239. The van der Waals surface area contributed by atoms with Crippen molar-refractivity contribution in [3.8, 4) is 0 Å². The lowest BCUT2D eigenvalue weighted by Gasteiger charge is -2.28. The number of carbonyl (C=O) groups is 1. The fraction of sp³-hybridized carbons (Fsp3) is 0.550. The molecule has 150 valence electrons. The van der Waals surface area contributed by atoms with Gasteiger partial charge in [-0.15, -0.1) is 0 Å². The van der Waals surface area contributed by atoms with Crippen LogP contribution in [0.5, 0.6) is 0 Å². The van der Waals surface area contributed by atoms with Crippen LogP contribution in [0.25, 0.3) is 0 Å². The summed E-state index contributed by atoms with van der Waals surface area (Å²) < 4.78 is 36.9. The fourth-order valence-corrected chi connectivity index (χ4v) is 5.05. The number of ether oxygens (including phenoxy) is 2. The van der Waals surface area contributed by atoms with Crippen molar-refractivity contribution in [1.29, 1.82) is 0 Å². The van der Waals surface area contributed by atoms with E-state index in [0.29, 0.717) is 12.0 Å². The van der Waals surface area contributed by atoms with Gasteiger partial charge in [0.1, 0.15) is 0 Å². The highest BCUT2D eigenvalue weighted by molar-refractivity contribution is 7.89. The van der Waals surface area contributed by atoms with Gasteiger partial charge in [-0.05, 0) is 45.2 Å². The average Bonchev–Trinajstić information content (AvgIpc) is 3.33. The molecule has 0 spiro atoms. The first-order chi connectivity index (χ1) is 12.8. The van der Waals surface area contributed by atoms with E-state index in [4.69, 9.17) is 9.47 Å². The lowest BCUT2D eigenvalue weighted by molar-refractivity contribution is -0.136. The van der Waals surface area contributed by atoms with Crippen molar-refractivity contribution in [2.45, 2.75) is 57.0 Å². The Morgan fingerprint density at radius 2 is 1.81 bits per heavy atom. The molecule has 0 saturated carbocycles. The van der Waals surface area contributed by atoms with Crippen LogP contribution >= 0.6 is 0 Å². The summed E-state index contributed by atoms with van der Waals surface area (Å²) in [5.41, 5.74) is 1.39. The van der Waals surface area contributed by atoms with Crippen molar-refractivity contribution in [3.63, 3.8) is 0 Å². The topological polar surface area (TPSA) is 72.9 Å². The number of benzene rings is 1. The predicted octanol–water partition coefficient (Wildman–Crippen LogP) is 3.06. The van der Waals surface area contributed by atoms with E-state index in [1.54, 1.807) is 37.3 Å². The van der Waals surface area contributed by atoms with Crippen molar-refractivity contribution < 1.29 is 22.7 Å². The SMILES string of the molecule is C1CCOC1.CC[C@H]1C=C(C(=O)OC)[C@@H](C)N1S(=O)(=O)c1ccc(C)cc1.